The van der Waals surface area contributed by atoms with Gasteiger partial charge < -0.3 is 36.9 Å². The van der Waals surface area contributed by atoms with Gasteiger partial charge in [-0.05, 0) is 104 Å². The Bertz CT molecular complexity index is 2790. The number of nitrogens with two attached hydrogens (primary N) is 1. The molecule has 3 heterocycles. The minimum Gasteiger partial charge on any atom is -0.352 e. The predicted molar refractivity (Wildman–Crippen MR) is 256 cm³/mol. The molecule has 4 aliphatic rings. The Labute approximate surface area is 398 Å². The van der Waals surface area contributed by atoms with Gasteiger partial charge in [-0.15, -0.1) is 0 Å². The Morgan fingerprint density at radius 3 is 2.33 bits per heavy atom. The number of benzene rings is 3. The zero-order valence-electron chi connectivity index (χ0n) is 38.6. The van der Waals surface area contributed by atoms with E-state index in [0.717, 1.165) is 39.0 Å². The van der Waals surface area contributed by atoms with Crippen LogP contribution in [0.1, 0.15) is 101 Å². The molecule has 2 fully saturated rings. The Morgan fingerprint density at radius 2 is 1.59 bits per heavy atom. The molecule has 2 aliphatic carbocycles. The maximum Gasteiger partial charge on any atom is 0.312 e. The number of Topliss-reactive ketones (excluding diaryl/α,β-unsaturated/α-hetero) is 2. The zero-order valence-corrected chi connectivity index (χ0v) is 38.6. The van der Waals surface area contributed by atoms with E-state index in [2.05, 4.69) is 26.3 Å². The topological polar surface area (TPSA) is 250 Å². The second-order valence-corrected chi connectivity index (χ2v) is 18.6. The van der Waals surface area contributed by atoms with Crippen LogP contribution < -0.4 is 27.0 Å². The molecule has 8 rings (SSSR count). The van der Waals surface area contributed by atoms with Gasteiger partial charge in [-0.1, -0.05) is 44.2 Å². The SMILES string of the molecule is CC(C)[C@H](NCCCC(=O)CCCN1C(=O)C=CC1=O)C(=O)N[C@@H](CCCNC(N)=O)C(=O)Nc1ccc(C(=O)Cc2ccc3[nH]c(C(=O)N4C[C@H]5CC56C4=CC(=O)c4ccccc46)cc3c2)cc1. The Morgan fingerprint density at radius 1 is 0.855 bits per heavy atom. The van der Waals surface area contributed by atoms with E-state index >= 15 is 0 Å². The summed E-state index contributed by atoms with van der Waals surface area (Å²) in [7, 11) is 0. The van der Waals surface area contributed by atoms with Gasteiger partial charge in [0, 0.05) is 96.0 Å². The van der Waals surface area contributed by atoms with Gasteiger partial charge in [-0.3, -0.25) is 43.3 Å². The van der Waals surface area contributed by atoms with E-state index in [9.17, 15) is 43.2 Å². The third kappa shape index (κ3) is 10.5. The first-order chi connectivity index (χ1) is 33.1. The molecular weight excluding hydrogens is 881 g/mol. The van der Waals surface area contributed by atoms with Crippen LogP contribution in [0.5, 0.6) is 0 Å². The molecule has 69 heavy (non-hydrogen) atoms. The fraction of sp³-hybridized carbons (Fsp3) is 0.365. The molecule has 1 spiro atoms. The summed E-state index contributed by atoms with van der Waals surface area (Å²) in [5, 5.41) is 12.1. The van der Waals surface area contributed by atoms with Gasteiger partial charge in [0.15, 0.2) is 11.6 Å². The zero-order chi connectivity index (χ0) is 49.0. The number of H-pyrrole nitrogens is 1. The first kappa shape index (κ1) is 47.9. The number of carbonyl (C=O) groups excluding carboxylic acids is 9. The van der Waals surface area contributed by atoms with E-state index in [4.69, 9.17) is 5.73 Å². The maximum absolute atomic E-state index is 13.9. The molecule has 2 aliphatic heterocycles. The van der Waals surface area contributed by atoms with E-state index in [1.807, 2.05) is 56.3 Å². The molecule has 0 radical (unpaired) electrons. The number of nitrogens with one attached hydrogen (secondary N) is 5. The number of ketones is 3. The fourth-order valence-corrected chi connectivity index (χ4v) is 9.82. The smallest absolute Gasteiger partial charge is 0.312 e. The number of rotatable bonds is 22. The number of urea groups is 1. The number of primary amides is 1. The van der Waals surface area contributed by atoms with Gasteiger partial charge >= 0.3 is 6.03 Å². The Hall–Kier alpha value is -7.53. The van der Waals surface area contributed by atoms with E-state index in [1.165, 1.54) is 12.2 Å². The highest BCUT2D eigenvalue weighted by atomic mass is 16.2. The van der Waals surface area contributed by atoms with Crippen LogP contribution in [-0.2, 0) is 35.8 Å². The molecule has 4 atom stereocenters. The van der Waals surface area contributed by atoms with Crippen molar-refractivity contribution < 1.29 is 43.2 Å². The van der Waals surface area contributed by atoms with Crippen molar-refractivity contribution in [1.29, 1.82) is 0 Å². The molecule has 4 aromatic rings. The highest BCUT2D eigenvalue weighted by Crippen LogP contribution is 2.66. The van der Waals surface area contributed by atoms with Crippen LogP contribution in [0.2, 0.25) is 0 Å². The van der Waals surface area contributed by atoms with E-state index < -0.39 is 29.9 Å². The number of hydrogen-bond acceptors (Lipinski definition) is 10. The van der Waals surface area contributed by atoms with Crippen molar-refractivity contribution in [3.8, 4) is 0 Å². The van der Waals surface area contributed by atoms with Crippen LogP contribution in [0.25, 0.3) is 10.9 Å². The number of imide groups is 1. The second kappa shape index (κ2) is 20.4. The molecule has 7 N–H and O–H groups in total. The van der Waals surface area contributed by atoms with E-state index in [-0.39, 0.29) is 91.1 Å². The number of fused-ring (bicyclic) bond motifs is 2. The minimum atomic E-state index is -0.995. The molecule has 1 saturated carbocycles. The largest absolute Gasteiger partial charge is 0.352 e. The molecule has 3 aromatic carbocycles. The number of carbonyl (C=O) groups is 9. The maximum atomic E-state index is 13.9. The van der Waals surface area contributed by atoms with E-state index in [1.54, 1.807) is 41.3 Å². The summed E-state index contributed by atoms with van der Waals surface area (Å²) in [6.45, 7) is 4.96. The first-order valence-electron chi connectivity index (χ1n) is 23.5. The van der Waals surface area contributed by atoms with Crippen molar-refractivity contribution in [2.24, 2.45) is 17.6 Å². The average molecular weight is 937 g/mol. The summed E-state index contributed by atoms with van der Waals surface area (Å²) in [6.07, 6.45) is 6.82. The van der Waals surface area contributed by atoms with Gasteiger partial charge in [0.1, 0.15) is 17.5 Å². The molecular formula is C52H56N8O9. The van der Waals surface area contributed by atoms with Crippen LogP contribution in [0.15, 0.2) is 96.7 Å². The predicted octanol–water partition coefficient (Wildman–Crippen LogP) is 4.63. The van der Waals surface area contributed by atoms with Gasteiger partial charge in [0.25, 0.3) is 17.7 Å². The fourth-order valence-electron chi connectivity index (χ4n) is 9.82. The molecule has 17 nitrogen and oxygen atoms in total. The van der Waals surface area contributed by atoms with Crippen molar-refractivity contribution in [1.82, 2.24) is 30.7 Å². The average Bonchev–Trinajstić information content (AvgIpc) is 3.52. The van der Waals surface area contributed by atoms with Crippen molar-refractivity contribution in [2.75, 3.05) is 31.5 Å². The lowest BCUT2D eigenvalue weighted by molar-refractivity contribution is -0.137. The minimum absolute atomic E-state index is 0.0233. The third-order valence-corrected chi connectivity index (χ3v) is 13.5. The van der Waals surface area contributed by atoms with Gasteiger partial charge in [-0.25, -0.2) is 4.79 Å². The number of nitrogens with zero attached hydrogens (tertiary/aromatic N) is 2. The Kier molecular flexibility index (Phi) is 14.2. The van der Waals surface area contributed by atoms with Gasteiger partial charge in [-0.2, -0.15) is 0 Å². The lowest BCUT2D eigenvalue weighted by Crippen LogP contribution is -2.53. The van der Waals surface area contributed by atoms with Crippen LogP contribution in [0, 0.1) is 11.8 Å². The first-order valence-corrected chi connectivity index (χ1v) is 23.5. The molecule has 358 valence electrons. The number of aromatic nitrogens is 1. The molecule has 0 bridgehead atoms. The van der Waals surface area contributed by atoms with Crippen LogP contribution in [0.4, 0.5) is 10.5 Å². The number of likely N-dealkylation sites (tertiary alicyclic amines) is 1. The van der Waals surface area contributed by atoms with Crippen molar-refractivity contribution in [3.05, 3.63) is 125 Å². The highest BCUT2D eigenvalue weighted by Gasteiger charge is 2.67. The van der Waals surface area contributed by atoms with E-state index in [0.29, 0.717) is 54.9 Å². The standard InChI is InChI=1S/C52H56N8O9/c1-30(2)47(54-21-5-8-36(61)9-7-23-59-45(64)19-20-46(59)65)49(67)58-40(12-6-22-55-51(53)69)48(66)56-35-16-14-32(15-17-35)42(62)25-31-13-18-39-33(24-31)26-41(57-39)50(68)60-29-34-28-52(34)38-11-4-3-10-37(38)43(63)27-44(52)60/h3-4,10-11,13-20,24,26-27,30,34,40,47,54,57H,5-9,12,21-23,25,28-29H2,1-2H3,(H,56,66)(H,58,67)(H3,53,55,69)/t34-,40+,47+,52?/m1/s1. The number of piperidine rings is 1. The van der Waals surface area contributed by atoms with Crippen molar-refractivity contribution >= 4 is 69.5 Å². The summed E-state index contributed by atoms with van der Waals surface area (Å²) in [5.41, 5.74) is 10.1. The van der Waals surface area contributed by atoms with Crippen molar-refractivity contribution in [2.45, 2.75) is 82.7 Å². The molecule has 17 heteroatoms. The number of aromatic amines is 1. The summed E-state index contributed by atoms with van der Waals surface area (Å²) in [6, 6.07) is 19.0. The third-order valence-electron chi connectivity index (χ3n) is 13.5. The quantitative estimate of drug-likeness (QED) is 0.0362. The summed E-state index contributed by atoms with van der Waals surface area (Å²) >= 11 is 0. The summed E-state index contributed by atoms with van der Waals surface area (Å²) in [4.78, 5) is 121. The summed E-state index contributed by atoms with van der Waals surface area (Å²) in [5.74, 6) is -2.08. The molecule has 7 amide bonds. The van der Waals surface area contributed by atoms with Crippen LogP contribution in [0.3, 0.4) is 0 Å². The number of anilines is 1. The second-order valence-electron chi connectivity index (χ2n) is 18.6. The number of amides is 7. The summed E-state index contributed by atoms with van der Waals surface area (Å²) < 4.78 is 0. The number of hydrogen-bond donors (Lipinski definition) is 6. The normalized spacial score (nSPS) is 18.6. The van der Waals surface area contributed by atoms with Gasteiger partial charge in [0.2, 0.25) is 11.8 Å². The molecule has 1 aromatic heterocycles. The monoisotopic (exact) mass is 936 g/mol. The Balaban J connectivity index is 0.835. The van der Waals surface area contributed by atoms with Crippen LogP contribution in [-0.4, -0.2) is 106 Å². The molecule has 1 unspecified atom stereocenters. The van der Waals surface area contributed by atoms with Crippen molar-refractivity contribution in [3.63, 3.8) is 0 Å². The lowest BCUT2D eigenvalue weighted by Gasteiger charge is -2.29. The van der Waals surface area contributed by atoms with Crippen LogP contribution >= 0.6 is 0 Å². The molecule has 1 saturated heterocycles. The lowest BCUT2D eigenvalue weighted by atomic mass is 9.81. The highest BCUT2D eigenvalue weighted by molar-refractivity contribution is 6.13. The van der Waals surface area contributed by atoms with Gasteiger partial charge in [0.05, 0.1) is 6.04 Å². The number of allylic oxidation sites excluding steroid dienone is 2.